The van der Waals surface area contributed by atoms with E-state index in [1.165, 1.54) is 12.5 Å². The van der Waals surface area contributed by atoms with E-state index in [2.05, 4.69) is 31.9 Å². The molecule has 0 aliphatic carbocycles. The topological polar surface area (TPSA) is 56.3 Å². The van der Waals surface area contributed by atoms with E-state index in [1.54, 1.807) is 6.07 Å². The summed E-state index contributed by atoms with van der Waals surface area (Å²) in [6.45, 7) is -0.245. The Morgan fingerprint density at radius 2 is 2.31 bits per heavy atom. The summed E-state index contributed by atoms with van der Waals surface area (Å²) >= 11 is 6.28. The Balaban J connectivity index is 2.96. The SMILES string of the molecule is O=[N+]([O-])CC(=C(Br)Br)c1ccoc1. The van der Waals surface area contributed by atoms with Crippen molar-refractivity contribution in [1.82, 2.24) is 0 Å². The minimum absolute atomic E-state index is 0.245. The number of nitrogens with zero attached hydrogens (tertiary/aromatic N) is 1. The molecule has 0 fully saturated rings. The Hall–Kier alpha value is -0.620. The molecule has 4 nitrogen and oxygen atoms in total. The predicted molar refractivity (Wildman–Crippen MR) is 55.3 cm³/mol. The number of hydrogen-bond acceptors (Lipinski definition) is 3. The van der Waals surface area contributed by atoms with Crippen LogP contribution in [0.1, 0.15) is 5.56 Å². The van der Waals surface area contributed by atoms with Crippen LogP contribution in [0.3, 0.4) is 0 Å². The number of halogens is 2. The molecule has 0 unspecified atom stereocenters. The first-order valence-corrected chi connectivity index (χ1v) is 4.88. The van der Waals surface area contributed by atoms with Gasteiger partial charge in [-0.15, -0.1) is 0 Å². The van der Waals surface area contributed by atoms with Crippen molar-refractivity contribution in [1.29, 1.82) is 0 Å². The molecule has 0 aliphatic heterocycles. The van der Waals surface area contributed by atoms with Crippen LogP contribution in [0.25, 0.3) is 5.57 Å². The maximum atomic E-state index is 10.3. The third kappa shape index (κ3) is 2.96. The van der Waals surface area contributed by atoms with Crippen molar-refractivity contribution < 1.29 is 9.34 Å². The number of furan rings is 1. The van der Waals surface area contributed by atoms with Crippen LogP contribution < -0.4 is 0 Å². The lowest BCUT2D eigenvalue weighted by Crippen LogP contribution is -2.03. The van der Waals surface area contributed by atoms with Crippen LogP contribution >= 0.6 is 31.9 Å². The zero-order valence-electron chi connectivity index (χ0n) is 6.37. The van der Waals surface area contributed by atoms with E-state index >= 15 is 0 Å². The second-order valence-electron chi connectivity index (χ2n) is 2.24. The van der Waals surface area contributed by atoms with Gasteiger partial charge in [0.1, 0.15) is 0 Å². The van der Waals surface area contributed by atoms with Gasteiger partial charge in [-0.05, 0) is 37.9 Å². The van der Waals surface area contributed by atoms with Crippen LogP contribution in [0.4, 0.5) is 0 Å². The average molecular weight is 311 g/mol. The molecule has 0 radical (unpaired) electrons. The summed E-state index contributed by atoms with van der Waals surface area (Å²) in [6, 6.07) is 1.67. The molecule has 0 saturated heterocycles. The minimum Gasteiger partial charge on any atom is -0.472 e. The quantitative estimate of drug-likeness (QED) is 0.637. The van der Waals surface area contributed by atoms with Crippen molar-refractivity contribution in [2.24, 2.45) is 0 Å². The van der Waals surface area contributed by atoms with Gasteiger partial charge in [-0.3, -0.25) is 10.1 Å². The predicted octanol–water partition coefficient (Wildman–Crippen LogP) is 3.01. The Kier molecular flexibility index (Phi) is 3.68. The van der Waals surface area contributed by atoms with Gasteiger partial charge in [0, 0.05) is 10.5 Å². The van der Waals surface area contributed by atoms with Crippen LogP contribution in [-0.2, 0) is 0 Å². The highest BCUT2D eigenvalue weighted by molar-refractivity contribution is 9.28. The molecule has 0 amide bonds. The monoisotopic (exact) mass is 309 g/mol. The molecule has 0 bridgehead atoms. The van der Waals surface area contributed by atoms with Crippen LogP contribution in [0.15, 0.2) is 26.4 Å². The molecule has 1 aromatic rings. The average Bonchev–Trinajstić information content (AvgIpc) is 2.50. The van der Waals surface area contributed by atoms with Crippen LogP contribution in [0, 0.1) is 10.1 Å². The maximum absolute atomic E-state index is 10.3. The molecule has 1 aromatic heterocycles. The number of nitro groups is 1. The molecule has 6 heteroatoms. The summed E-state index contributed by atoms with van der Waals surface area (Å²) < 4.78 is 5.40. The van der Waals surface area contributed by atoms with E-state index in [4.69, 9.17) is 4.42 Å². The Morgan fingerprint density at radius 3 is 2.69 bits per heavy atom. The van der Waals surface area contributed by atoms with E-state index in [0.29, 0.717) is 14.5 Å². The lowest BCUT2D eigenvalue weighted by Gasteiger charge is -1.98. The fourth-order valence-electron chi connectivity index (χ4n) is 0.825. The molecule has 0 aromatic carbocycles. The number of hydrogen-bond donors (Lipinski definition) is 0. The van der Waals surface area contributed by atoms with E-state index < -0.39 is 4.92 Å². The zero-order valence-corrected chi connectivity index (χ0v) is 9.54. The molecule has 0 N–H and O–H groups in total. The first-order valence-electron chi connectivity index (χ1n) is 3.29. The highest BCUT2D eigenvalue weighted by Gasteiger charge is 2.12. The summed E-state index contributed by atoms with van der Waals surface area (Å²) in [6.07, 6.45) is 2.93. The van der Waals surface area contributed by atoms with Crippen molar-refractivity contribution in [3.05, 3.63) is 37.7 Å². The van der Waals surface area contributed by atoms with Gasteiger partial charge in [0.15, 0.2) is 0 Å². The molecule has 0 aliphatic rings. The lowest BCUT2D eigenvalue weighted by molar-refractivity contribution is -0.465. The summed E-state index contributed by atoms with van der Waals surface area (Å²) in [4.78, 5) is 9.91. The fourth-order valence-corrected chi connectivity index (χ4v) is 1.53. The second-order valence-corrected chi connectivity index (χ2v) is 4.89. The molecular weight excluding hydrogens is 306 g/mol. The number of rotatable bonds is 3. The molecule has 70 valence electrons. The summed E-state index contributed by atoms with van der Waals surface area (Å²) in [5.41, 5.74) is 1.25. The lowest BCUT2D eigenvalue weighted by atomic mass is 10.2. The summed E-state index contributed by atoms with van der Waals surface area (Å²) in [5.74, 6) is 0. The van der Waals surface area contributed by atoms with Crippen LogP contribution in [0.5, 0.6) is 0 Å². The molecule has 0 saturated carbocycles. The van der Waals surface area contributed by atoms with E-state index in [0.717, 1.165) is 0 Å². The fraction of sp³-hybridized carbons (Fsp3) is 0.143. The molecule has 0 atom stereocenters. The zero-order chi connectivity index (χ0) is 9.84. The van der Waals surface area contributed by atoms with Crippen molar-refractivity contribution in [2.45, 2.75) is 0 Å². The van der Waals surface area contributed by atoms with Gasteiger partial charge >= 0.3 is 0 Å². The van der Waals surface area contributed by atoms with Crippen LogP contribution in [-0.4, -0.2) is 11.5 Å². The van der Waals surface area contributed by atoms with Gasteiger partial charge in [-0.1, -0.05) is 0 Å². The van der Waals surface area contributed by atoms with Gasteiger partial charge in [-0.25, -0.2) is 0 Å². The molecule has 1 heterocycles. The second kappa shape index (κ2) is 4.57. The largest absolute Gasteiger partial charge is 0.472 e. The maximum Gasteiger partial charge on any atom is 0.231 e. The normalized spacial score (nSPS) is 9.69. The summed E-state index contributed by atoms with van der Waals surface area (Å²) in [7, 11) is 0. The molecule has 1 rings (SSSR count). The Labute approximate surface area is 91.0 Å². The first kappa shape index (κ1) is 10.5. The third-order valence-corrected chi connectivity index (χ3v) is 2.34. The molecular formula is C7H5Br2NO3. The van der Waals surface area contributed by atoms with E-state index in [-0.39, 0.29) is 6.54 Å². The van der Waals surface area contributed by atoms with Gasteiger partial charge in [0.25, 0.3) is 0 Å². The minimum atomic E-state index is -0.398. The van der Waals surface area contributed by atoms with Gasteiger partial charge in [0.05, 0.1) is 21.5 Å². The van der Waals surface area contributed by atoms with Crippen LogP contribution in [0.2, 0.25) is 0 Å². The smallest absolute Gasteiger partial charge is 0.231 e. The highest BCUT2D eigenvalue weighted by atomic mass is 79.9. The van der Waals surface area contributed by atoms with Gasteiger partial charge in [0.2, 0.25) is 6.54 Å². The van der Waals surface area contributed by atoms with E-state index in [9.17, 15) is 10.1 Å². The van der Waals surface area contributed by atoms with Gasteiger partial charge in [-0.2, -0.15) is 0 Å². The Morgan fingerprint density at radius 1 is 1.62 bits per heavy atom. The molecule has 13 heavy (non-hydrogen) atoms. The van der Waals surface area contributed by atoms with Crippen molar-refractivity contribution in [3.8, 4) is 0 Å². The standard InChI is InChI=1S/C7H5Br2NO3/c8-7(9)6(3-10(11)12)5-1-2-13-4-5/h1-2,4H,3H2. The van der Waals surface area contributed by atoms with Gasteiger partial charge < -0.3 is 4.42 Å². The van der Waals surface area contributed by atoms with Crippen molar-refractivity contribution in [3.63, 3.8) is 0 Å². The van der Waals surface area contributed by atoms with E-state index in [1.807, 2.05) is 0 Å². The van der Waals surface area contributed by atoms with Crippen molar-refractivity contribution >= 4 is 37.4 Å². The highest BCUT2D eigenvalue weighted by Crippen LogP contribution is 2.27. The molecule has 0 spiro atoms. The Bertz CT molecular complexity index is 328. The van der Waals surface area contributed by atoms with Crippen molar-refractivity contribution in [2.75, 3.05) is 6.54 Å². The first-order chi connectivity index (χ1) is 6.11. The summed E-state index contributed by atoms with van der Waals surface area (Å²) in [5, 5.41) is 10.3. The third-order valence-electron chi connectivity index (χ3n) is 1.38.